The summed E-state index contributed by atoms with van der Waals surface area (Å²) in [5.74, 6) is -1.33. The molecule has 0 amide bonds. The largest absolute Gasteiger partial charge is 0.493 e. The SMILES string of the molecule is COc1ccc(NC(N)=NCC2CCCCC(F)(F)C2)cc1OC.I. The van der Waals surface area contributed by atoms with Crippen LogP contribution in [0.15, 0.2) is 23.2 Å². The molecule has 0 aliphatic heterocycles. The van der Waals surface area contributed by atoms with Crippen molar-refractivity contribution in [3.05, 3.63) is 18.2 Å². The maximum absolute atomic E-state index is 13.6. The number of rotatable bonds is 5. The topological polar surface area (TPSA) is 68.9 Å². The summed E-state index contributed by atoms with van der Waals surface area (Å²) < 4.78 is 37.6. The minimum absolute atomic E-state index is 0. The number of methoxy groups -OCH3 is 2. The molecule has 0 bridgehead atoms. The molecule has 1 fully saturated rings. The Morgan fingerprint density at radius 1 is 1.28 bits per heavy atom. The second-order valence-electron chi connectivity index (χ2n) is 6.09. The predicted octanol–water partition coefficient (Wildman–Crippen LogP) is 4.26. The van der Waals surface area contributed by atoms with Gasteiger partial charge < -0.3 is 20.5 Å². The lowest BCUT2D eigenvalue weighted by Gasteiger charge is -2.18. The Balaban J connectivity index is 0.00000312. The van der Waals surface area contributed by atoms with Crippen molar-refractivity contribution < 1.29 is 18.3 Å². The average molecular weight is 469 g/mol. The minimum atomic E-state index is -2.58. The molecule has 25 heavy (non-hydrogen) atoms. The molecule has 0 radical (unpaired) electrons. The highest BCUT2D eigenvalue weighted by atomic mass is 127. The number of anilines is 1. The van der Waals surface area contributed by atoms with Crippen molar-refractivity contribution >= 4 is 35.6 Å². The summed E-state index contributed by atoms with van der Waals surface area (Å²) in [4.78, 5) is 4.23. The van der Waals surface area contributed by atoms with Crippen molar-refractivity contribution in [2.75, 3.05) is 26.1 Å². The third kappa shape index (κ3) is 6.83. The number of hydrogen-bond acceptors (Lipinski definition) is 3. The molecule has 0 spiro atoms. The zero-order valence-electron chi connectivity index (χ0n) is 14.6. The minimum Gasteiger partial charge on any atom is -0.493 e. The highest BCUT2D eigenvalue weighted by Crippen LogP contribution is 2.35. The number of benzene rings is 1. The molecule has 0 heterocycles. The Kier molecular flexibility index (Phi) is 8.67. The van der Waals surface area contributed by atoms with E-state index in [9.17, 15) is 8.78 Å². The van der Waals surface area contributed by atoms with E-state index in [2.05, 4.69) is 10.3 Å². The zero-order valence-corrected chi connectivity index (χ0v) is 16.9. The molecule has 1 aromatic carbocycles. The molecule has 5 nitrogen and oxygen atoms in total. The number of nitrogens with one attached hydrogen (secondary N) is 1. The molecule has 1 saturated carbocycles. The lowest BCUT2D eigenvalue weighted by molar-refractivity contribution is -0.0241. The fraction of sp³-hybridized carbons (Fsp3) is 0.588. The van der Waals surface area contributed by atoms with Gasteiger partial charge in [0.25, 0.3) is 0 Å². The van der Waals surface area contributed by atoms with Gasteiger partial charge in [-0.05, 0) is 30.9 Å². The number of halogens is 3. The second-order valence-corrected chi connectivity index (χ2v) is 6.09. The first kappa shape index (κ1) is 21.7. The van der Waals surface area contributed by atoms with Crippen LogP contribution in [-0.2, 0) is 0 Å². The molecule has 1 aromatic rings. The molecule has 2 rings (SSSR count). The Morgan fingerprint density at radius 2 is 2.00 bits per heavy atom. The van der Waals surface area contributed by atoms with Crippen LogP contribution in [0.1, 0.15) is 32.1 Å². The van der Waals surface area contributed by atoms with Gasteiger partial charge >= 0.3 is 0 Å². The first-order valence-electron chi connectivity index (χ1n) is 8.10. The van der Waals surface area contributed by atoms with E-state index in [1.54, 1.807) is 32.4 Å². The highest BCUT2D eigenvalue weighted by molar-refractivity contribution is 14.0. The zero-order chi connectivity index (χ0) is 17.6. The first-order valence-corrected chi connectivity index (χ1v) is 8.10. The number of hydrogen-bond donors (Lipinski definition) is 2. The molecule has 142 valence electrons. The molecule has 0 aromatic heterocycles. The van der Waals surface area contributed by atoms with Gasteiger partial charge in [-0.25, -0.2) is 8.78 Å². The van der Waals surface area contributed by atoms with Crippen LogP contribution in [0.4, 0.5) is 14.5 Å². The smallest absolute Gasteiger partial charge is 0.248 e. The van der Waals surface area contributed by atoms with Crippen molar-refractivity contribution in [1.82, 2.24) is 0 Å². The van der Waals surface area contributed by atoms with Gasteiger partial charge in [0.1, 0.15) is 0 Å². The molecule has 0 saturated heterocycles. The van der Waals surface area contributed by atoms with Crippen LogP contribution in [0.5, 0.6) is 11.5 Å². The van der Waals surface area contributed by atoms with E-state index in [0.29, 0.717) is 30.2 Å². The van der Waals surface area contributed by atoms with E-state index in [4.69, 9.17) is 15.2 Å². The summed E-state index contributed by atoms with van der Waals surface area (Å²) >= 11 is 0. The Hall–Kier alpha value is -1.32. The van der Waals surface area contributed by atoms with E-state index in [0.717, 1.165) is 12.8 Å². The normalized spacial score (nSPS) is 20.2. The van der Waals surface area contributed by atoms with Gasteiger partial charge in [-0.1, -0.05) is 6.42 Å². The summed E-state index contributed by atoms with van der Waals surface area (Å²) in [6.45, 7) is 0.307. The average Bonchev–Trinajstić information content (AvgIpc) is 2.73. The van der Waals surface area contributed by atoms with Crippen molar-refractivity contribution in [1.29, 1.82) is 0 Å². The fourth-order valence-corrected chi connectivity index (χ4v) is 2.93. The van der Waals surface area contributed by atoms with Gasteiger partial charge in [-0.15, -0.1) is 24.0 Å². The third-order valence-electron chi connectivity index (χ3n) is 4.17. The number of ether oxygens (including phenoxy) is 2. The lowest BCUT2D eigenvalue weighted by atomic mass is 9.99. The van der Waals surface area contributed by atoms with Gasteiger partial charge in [0.2, 0.25) is 5.92 Å². The Morgan fingerprint density at radius 3 is 2.68 bits per heavy atom. The molecule has 8 heteroatoms. The number of alkyl halides is 2. The van der Waals surface area contributed by atoms with Crippen LogP contribution >= 0.6 is 24.0 Å². The van der Waals surface area contributed by atoms with E-state index in [-0.39, 0.29) is 48.7 Å². The summed E-state index contributed by atoms with van der Waals surface area (Å²) in [6, 6.07) is 5.27. The Labute approximate surface area is 164 Å². The van der Waals surface area contributed by atoms with Crippen LogP contribution in [-0.4, -0.2) is 32.6 Å². The molecular formula is C17H26F2IN3O2. The third-order valence-corrected chi connectivity index (χ3v) is 4.17. The summed E-state index contributed by atoms with van der Waals surface area (Å²) in [6.07, 6.45) is 2.03. The van der Waals surface area contributed by atoms with Gasteiger partial charge in [-0.3, -0.25) is 4.99 Å². The van der Waals surface area contributed by atoms with Crippen LogP contribution in [0.2, 0.25) is 0 Å². The van der Waals surface area contributed by atoms with Gasteiger partial charge in [0, 0.05) is 31.1 Å². The van der Waals surface area contributed by atoms with Gasteiger partial charge in [0.15, 0.2) is 17.5 Å². The highest BCUT2D eigenvalue weighted by Gasteiger charge is 2.34. The maximum atomic E-state index is 13.6. The summed E-state index contributed by atoms with van der Waals surface area (Å²) in [7, 11) is 3.11. The fourth-order valence-electron chi connectivity index (χ4n) is 2.93. The van der Waals surface area contributed by atoms with Crippen LogP contribution < -0.4 is 20.5 Å². The van der Waals surface area contributed by atoms with Crippen molar-refractivity contribution in [3.63, 3.8) is 0 Å². The van der Waals surface area contributed by atoms with Crippen molar-refractivity contribution in [3.8, 4) is 11.5 Å². The van der Waals surface area contributed by atoms with Crippen LogP contribution in [0.25, 0.3) is 0 Å². The monoisotopic (exact) mass is 469 g/mol. The lowest BCUT2D eigenvalue weighted by Crippen LogP contribution is -2.25. The van der Waals surface area contributed by atoms with Crippen LogP contribution in [0, 0.1) is 5.92 Å². The molecule has 1 unspecified atom stereocenters. The standard InChI is InChI=1S/C17H25F2N3O2.HI/c1-23-14-7-6-13(9-15(14)24-2)22-16(20)21-11-12-5-3-4-8-17(18,19)10-12;/h6-7,9,12H,3-5,8,10-11H2,1-2H3,(H3,20,21,22);1H. The van der Waals surface area contributed by atoms with E-state index in [1.807, 2.05) is 0 Å². The van der Waals surface area contributed by atoms with Crippen molar-refractivity contribution in [2.24, 2.45) is 16.6 Å². The van der Waals surface area contributed by atoms with Crippen molar-refractivity contribution in [2.45, 2.75) is 38.0 Å². The number of nitrogens with zero attached hydrogens (tertiary/aromatic N) is 1. The van der Waals surface area contributed by atoms with E-state index in [1.165, 1.54) is 0 Å². The second kappa shape index (κ2) is 9.98. The number of nitrogens with two attached hydrogens (primary N) is 1. The quantitative estimate of drug-likeness (QED) is 0.293. The van der Waals surface area contributed by atoms with E-state index >= 15 is 0 Å². The number of guanidine groups is 1. The first-order chi connectivity index (χ1) is 11.4. The number of aliphatic imine (C=N–C) groups is 1. The molecular weight excluding hydrogens is 443 g/mol. The van der Waals surface area contributed by atoms with E-state index < -0.39 is 5.92 Å². The predicted molar refractivity (Wildman–Crippen MR) is 107 cm³/mol. The van der Waals surface area contributed by atoms with Gasteiger partial charge in [-0.2, -0.15) is 0 Å². The molecule has 1 aliphatic carbocycles. The molecule has 1 aliphatic rings. The Bertz CT molecular complexity index is 585. The summed E-state index contributed by atoms with van der Waals surface area (Å²) in [5.41, 5.74) is 6.57. The maximum Gasteiger partial charge on any atom is 0.248 e. The molecule has 1 atom stereocenters. The van der Waals surface area contributed by atoms with Crippen LogP contribution in [0.3, 0.4) is 0 Å². The molecule has 3 N–H and O–H groups in total. The van der Waals surface area contributed by atoms with Gasteiger partial charge in [0.05, 0.1) is 14.2 Å². The summed E-state index contributed by atoms with van der Waals surface area (Å²) in [5, 5.41) is 2.95.